The van der Waals surface area contributed by atoms with E-state index in [9.17, 15) is 0 Å². The minimum Gasteiger partial charge on any atom is -0.334 e. The van der Waals surface area contributed by atoms with Crippen LogP contribution in [0.1, 0.15) is 46.0 Å². The van der Waals surface area contributed by atoms with Gasteiger partial charge in [0.2, 0.25) is 0 Å². The molecule has 1 aromatic carbocycles. The predicted molar refractivity (Wildman–Crippen MR) is 77.0 cm³/mol. The minimum atomic E-state index is -0.0860. The van der Waals surface area contributed by atoms with Crippen molar-refractivity contribution in [3.63, 3.8) is 0 Å². The summed E-state index contributed by atoms with van der Waals surface area (Å²) in [6.45, 7) is 10.7. The number of benzene rings is 1. The van der Waals surface area contributed by atoms with Gasteiger partial charge < -0.3 is 4.52 Å². The van der Waals surface area contributed by atoms with Crippen molar-refractivity contribution in [1.82, 2.24) is 10.1 Å². The Morgan fingerprint density at radius 3 is 2.53 bits per heavy atom. The molecule has 0 fully saturated rings. The lowest BCUT2D eigenvalue weighted by molar-refractivity contribution is 0.402. The van der Waals surface area contributed by atoms with Gasteiger partial charge in [0.15, 0.2) is 5.82 Å². The van der Waals surface area contributed by atoms with Crippen LogP contribution in [0.15, 0.2) is 28.8 Å². The van der Waals surface area contributed by atoms with Crippen molar-refractivity contribution >= 4 is 0 Å². The summed E-state index contributed by atoms with van der Waals surface area (Å²) < 4.78 is 5.38. The third-order valence-electron chi connectivity index (χ3n) is 2.91. The molecule has 2 rings (SSSR count). The molecular weight excluding hydrogens is 236 g/mol. The topological polar surface area (TPSA) is 38.9 Å². The maximum Gasteiger partial charge on any atom is 0.257 e. The molecule has 0 unspecified atom stereocenters. The van der Waals surface area contributed by atoms with Crippen molar-refractivity contribution in [2.24, 2.45) is 5.92 Å². The smallest absolute Gasteiger partial charge is 0.257 e. The summed E-state index contributed by atoms with van der Waals surface area (Å²) in [6, 6.07) is 8.35. The van der Waals surface area contributed by atoms with Gasteiger partial charge in [-0.25, -0.2) is 0 Å². The molecule has 0 N–H and O–H groups in total. The highest BCUT2D eigenvalue weighted by molar-refractivity contribution is 5.54. The van der Waals surface area contributed by atoms with E-state index in [-0.39, 0.29) is 5.41 Å². The number of hydrogen-bond acceptors (Lipinski definition) is 3. The molecule has 0 saturated carbocycles. The van der Waals surface area contributed by atoms with Gasteiger partial charge >= 0.3 is 0 Å². The lowest BCUT2D eigenvalue weighted by Crippen LogP contribution is -2.13. The first-order chi connectivity index (χ1) is 8.86. The average Bonchev–Trinajstić information content (AvgIpc) is 2.77. The van der Waals surface area contributed by atoms with E-state index in [2.05, 4.69) is 56.9 Å². The normalized spacial score (nSPS) is 12.1. The molecule has 0 aliphatic carbocycles. The van der Waals surface area contributed by atoms with Crippen molar-refractivity contribution in [1.29, 1.82) is 0 Å². The van der Waals surface area contributed by atoms with Crippen LogP contribution >= 0.6 is 0 Å². The van der Waals surface area contributed by atoms with Crippen LogP contribution in [-0.4, -0.2) is 10.1 Å². The molecule has 0 spiro atoms. The van der Waals surface area contributed by atoms with Crippen molar-refractivity contribution in [2.45, 2.75) is 46.5 Å². The van der Waals surface area contributed by atoms with Crippen LogP contribution in [0.4, 0.5) is 0 Å². The fourth-order valence-corrected chi connectivity index (χ4v) is 1.95. The van der Waals surface area contributed by atoms with E-state index in [4.69, 9.17) is 4.52 Å². The van der Waals surface area contributed by atoms with Crippen LogP contribution in [-0.2, 0) is 11.8 Å². The van der Waals surface area contributed by atoms with Crippen molar-refractivity contribution in [3.8, 4) is 11.5 Å². The third kappa shape index (κ3) is 3.43. The van der Waals surface area contributed by atoms with Gasteiger partial charge in [0.05, 0.1) is 0 Å². The van der Waals surface area contributed by atoms with Crippen molar-refractivity contribution in [3.05, 3.63) is 35.7 Å². The van der Waals surface area contributed by atoms with Gasteiger partial charge in [0, 0.05) is 11.0 Å². The Balaban J connectivity index is 2.29. The summed E-state index contributed by atoms with van der Waals surface area (Å²) in [6.07, 6.45) is 1.06. The first-order valence-electron chi connectivity index (χ1n) is 6.80. The van der Waals surface area contributed by atoms with Gasteiger partial charge in [-0.05, 0) is 30.0 Å². The SMILES string of the molecule is CC(C)Cc1cccc(-c2nc(C(C)(C)C)no2)c1. The van der Waals surface area contributed by atoms with Gasteiger partial charge in [-0.2, -0.15) is 4.98 Å². The Morgan fingerprint density at radius 1 is 1.21 bits per heavy atom. The lowest BCUT2D eigenvalue weighted by atomic mass is 9.96. The van der Waals surface area contributed by atoms with Crippen LogP contribution < -0.4 is 0 Å². The minimum absolute atomic E-state index is 0.0860. The summed E-state index contributed by atoms with van der Waals surface area (Å²) >= 11 is 0. The number of nitrogens with zero attached hydrogens (tertiary/aromatic N) is 2. The summed E-state index contributed by atoms with van der Waals surface area (Å²) in [7, 11) is 0. The van der Waals surface area contributed by atoms with Crippen molar-refractivity contribution in [2.75, 3.05) is 0 Å². The quantitative estimate of drug-likeness (QED) is 0.826. The van der Waals surface area contributed by atoms with E-state index in [1.54, 1.807) is 0 Å². The fourth-order valence-electron chi connectivity index (χ4n) is 1.95. The molecule has 3 heteroatoms. The molecular formula is C16H22N2O. The monoisotopic (exact) mass is 258 g/mol. The summed E-state index contributed by atoms with van der Waals surface area (Å²) in [5.74, 6) is 2.00. The molecule has 102 valence electrons. The highest BCUT2D eigenvalue weighted by Gasteiger charge is 2.21. The Kier molecular flexibility index (Phi) is 3.74. The van der Waals surface area contributed by atoms with E-state index in [1.165, 1.54) is 5.56 Å². The molecule has 2 aromatic rings. The second kappa shape index (κ2) is 5.16. The maximum atomic E-state index is 5.38. The first kappa shape index (κ1) is 13.8. The molecule has 0 bridgehead atoms. The van der Waals surface area contributed by atoms with E-state index >= 15 is 0 Å². The zero-order valence-corrected chi connectivity index (χ0v) is 12.4. The van der Waals surface area contributed by atoms with Crippen LogP contribution in [0.25, 0.3) is 11.5 Å². The maximum absolute atomic E-state index is 5.38. The Labute approximate surface area is 115 Å². The molecule has 0 aliphatic rings. The lowest BCUT2D eigenvalue weighted by Gasteiger charge is -2.10. The van der Waals surface area contributed by atoms with Gasteiger partial charge in [-0.3, -0.25) is 0 Å². The molecule has 3 nitrogen and oxygen atoms in total. The van der Waals surface area contributed by atoms with Crippen LogP contribution in [0.3, 0.4) is 0 Å². The van der Waals surface area contributed by atoms with E-state index < -0.39 is 0 Å². The Morgan fingerprint density at radius 2 is 1.95 bits per heavy atom. The summed E-state index contributed by atoms with van der Waals surface area (Å²) in [5.41, 5.74) is 2.22. The molecule has 0 aliphatic heterocycles. The number of aromatic nitrogens is 2. The molecule has 19 heavy (non-hydrogen) atoms. The van der Waals surface area contributed by atoms with Crippen molar-refractivity contribution < 1.29 is 4.52 Å². The van der Waals surface area contributed by atoms with Gasteiger partial charge in [-0.15, -0.1) is 0 Å². The molecule has 0 atom stereocenters. The van der Waals surface area contributed by atoms with Crippen LogP contribution in [0, 0.1) is 5.92 Å². The molecule has 1 aromatic heterocycles. The summed E-state index contributed by atoms with van der Waals surface area (Å²) in [5, 5.41) is 4.07. The third-order valence-corrected chi connectivity index (χ3v) is 2.91. The van der Waals surface area contributed by atoms with Gasteiger partial charge in [0.1, 0.15) is 0 Å². The highest BCUT2D eigenvalue weighted by atomic mass is 16.5. The van der Waals surface area contributed by atoms with Crippen LogP contribution in [0.5, 0.6) is 0 Å². The zero-order chi connectivity index (χ0) is 14.0. The second-order valence-corrected chi connectivity index (χ2v) is 6.47. The van der Waals surface area contributed by atoms with E-state index in [1.807, 2.05) is 12.1 Å². The van der Waals surface area contributed by atoms with Gasteiger partial charge in [-0.1, -0.05) is 51.9 Å². The Hall–Kier alpha value is -1.64. The molecule has 0 radical (unpaired) electrons. The van der Waals surface area contributed by atoms with E-state index in [0.717, 1.165) is 17.8 Å². The highest BCUT2D eigenvalue weighted by Crippen LogP contribution is 2.24. The molecule has 1 heterocycles. The number of rotatable bonds is 3. The average molecular weight is 258 g/mol. The molecule has 0 saturated heterocycles. The standard InChI is InChI=1S/C16H22N2O/c1-11(2)9-12-7-6-8-13(10-12)14-17-15(18-19-14)16(3,4)5/h6-8,10-11H,9H2,1-5H3. The summed E-state index contributed by atoms with van der Waals surface area (Å²) in [4.78, 5) is 4.49. The van der Waals surface area contributed by atoms with Gasteiger partial charge in [0.25, 0.3) is 5.89 Å². The fraction of sp³-hybridized carbons (Fsp3) is 0.500. The van der Waals surface area contributed by atoms with Crippen LogP contribution in [0.2, 0.25) is 0 Å². The van der Waals surface area contributed by atoms with E-state index in [0.29, 0.717) is 11.8 Å². The zero-order valence-electron chi connectivity index (χ0n) is 12.4. The Bertz CT molecular complexity index is 550. The largest absolute Gasteiger partial charge is 0.334 e. The second-order valence-electron chi connectivity index (χ2n) is 6.47. The predicted octanol–water partition coefficient (Wildman–Crippen LogP) is 4.23. The molecule has 0 amide bonds. The number of hydrogen-bond donors (Lipinski definition) is 0. The first-order valence-corrected chi connectivity index (χ1v) is 6.80.